The van der Waals surface area contributed by atoms with Gasteiger partial charge in [0.05, 0.1) is 10.2 Å². The Morgan fingerprint density at radius 1 is 1.10 bits per heavy atom. The van der Waals surface area contributed by atoms with E-state index in [1.807, 2.05) is 35.2 Å². The molecule has 0 aliphatic rings. The van der Waals surface area contributed by atoms with Gasteiger partial charge in [0.1, 0.15) is 0 Å². The Balaban J connectivity index is 1.72. The number of carbonyl (C=O) groups excluding carboxylic acids is 1. The number of aromatic nitrogens is 1. The zero-order valence-electron chi connectivity index (χ0n) is 17.7. The zero-order valence-corrected chi connectivity index (χ0v) is 20.1. The predicted molar refractivity (Wildman–Crippen MR) is 131 cm³/mol. The lowest BCUT2D eigenvalue weighted by molar-refractivity contribution is -0.118. The number of halogens is 1. The van der Waals surface area contributed by atoms with Crippen molar-refractivity contribution in [2.75, 3.05) is 36.8 Å². The summed E-state index contributed by atoms with van der Waals surface area (Å²) in [5, 5.41) is 1.53. The third kappa shape index (κ3) is 5.97. The molecule has 4 nitrogen and oxygen atoms in total. The molecular weight excluding hydrogens is 434 g/mol. The summed E-state index contributed by atoms with van der Waals surface area (Å²) in [5.41, 5.74) is 2.14. The monoisotopic (exact) mass is 461 g/mol. The first-order chi connectivity index (χ1) is 14.5. The van der Waals surface area contributed by atoms with Gasteiger partial charge in [0, 0.05) is 35.2 Å². The van der Waals surface area contributed by atoms with E-state index in [4.69, 9.17) is 16.6 Å². The number of benzene rings is 2. The Bertz CT molecular complexity index is 970. The normalized spacial score (nSPS) is 11.4. The van der Waals surface area contributed by atoms with E-state index in [0.717, 1.165) is 56.2 Å². The lowest BCUT2D eigenvalue weighted by Gasteiger charge is -2.24. The van der Waals surface area contributed by atoms with Crippen LogP contribution in [0, 0.1) is 6.92 Å². The molecule has 0 aliphatic heterocycles. The minimum atomic E-state index is 0.125. The number of fused-ring (bicyclic) bond motifs is 1. The van der Waals surface area contributed by atoms with Crippen LogP contribution in [0.15, 0.2) is 47.4 Å². The summed E-state index contributed by atoms with van der Waals surface area (Å²) in [6.07, 6.45) is 0.473. The number of thiazole rings is 1. The van der Waals surface area contributed by atoms with Gasteiger partial charge in [-0.2, -0.15) is 0 Å². The molecule has 3 rings (SSSR count). The van der Waals surface area contributed by atoms with Crippen LogP contribution in [0.2, 0.25) is 5.02 Å². The van der Waals surface area contributed by atoms with Gasteiger partial charge < -0.3 is 4.90 Å². The SMILES string of the molecule is CCN(CC)CCN(C(=O)CCSc1ccc(Cl)cc1)c1nc2c(C)cccc2s1. The van der Waals surface area contributed by atoms with E-state index in [1.54, 1.807) is 23.1 Å². The van der Waals surface area contributed by atoms with E-state index >= 15 is 0 Å². The molecule has 1 aromatic heterocycles. The predicted octanol–water partition coefficient (Wildman–Crippen LogP) is 6.12. The quantitative estimate of drug-likeness (QED) is 0.341. The van der Waals surface area contributed by atoms with Crippen molar-refractivity contribution in [2.24, 2.45) is 0 Å². The average Bonchev–Trinajstić information content (AvgIpc) is 3.18. The molecule has 1 amide bonds. The number of para-hydroxylation sites is 1. The second-order valence-corrected chi connectivity index (χ2v) is 9.66. The van der Waals surface area contributed by atoms with Gasteiger partial charge in [-0.05, 0) is 55.9 Å². The fourth-order valence-electron chi connectivity index (χ4n) is 3.22. The number of anilines is 1. The number of amides is 1. The molecule has 0 radical (unpaired) electrons. The van der Waals surface area contributed by atoms with E-state index in [1.165, 1.54) is 0 Å². The van der Waals surface area contributed by atoms with Crippen molar-refractivity contribution in [3.05, 3.63) is 53.1 Å². The molecule has 3 aromatic rings. The number of aryl methyl sites for hydroxylation is 1. The summed E-state index contributed by atoms with van der Waals surface area (Å²) in [4.78, 5) is 23.3. The highest BCUT2D eigenvalue weighted by atomic mass is 35.5. The molecule has 0 saturated heterocycles. The molecule has 0 unspecified atom stereocenters. The number of hydrogen-bond donors (Lipinski definition) is 0. The Morgan fingerprint density at radius 2 is 1.83 bits per heavy atom. The maximum Gasteiger partial charge on any atom is 0.229 e. The van der Waals surface area contributed by atoms with Crippen LogP contribution >= 0.6 is 34.7 Å². The van der Waals surface area contributed by atoms with Crippen LogP contribution in [0.25, 0.3) is 10.2 Å². The Labute approximate surface area is 192 Å². The van der Waals surface area contributed by atoms with E-state index in [2.05, 4.69) is 37.8 Å². The van der Waals surface area contributed by atoms with Crippen LogP contribution < -0.4 is 4.90 Å². The van der Waals surface area contributed by atoms with Gasteiger partial charge in [0.25, 0.3) is 0 Å². The second-order valence-electron chi connectivity index (χ2n) is 7.04. The first-order valence-corrected chi connectivity index (χ1v) is 12.5. The smallest absolute Gasteiger partial charge is 0.229 e. The molecular formula is C23H28ClN3OS2. The summed E-state index contributed by atoms with van der Waals surface area (Å²) < 4.78 is 1.13. The van der Waals surface area contributed by atoms with Crippen molar-refractivity contribution in [3.63, 3.8) is 0 Å². The largest absolute Gasteiger partial charge is 0.302 e. The van der Waals surface area contributed by atoms with Crippen LogP contribution in [-0.4, -0.2) is 47.7 Å². The lowest BCUT2D eigenvalue weighted by atomic mass is 10.2. The van der Waals surface area contributed by atoms with Crippen LogP contribution in [-0.2, 0) is 4.79 Å². The molecule has 0 aliphatic carbocycles. The van der Waals surface area contributed by atoms with Crippen molar-refractivity contribution in [2.45, 2.75) is 32.1 Å². The van der Waals surface area contributed by atoms with E-state index in [-0.39, 0.29) is 5.91 Å². The van der Waals surface area contributed by atoms with Gasteiger partial charge in [-0.25, -0.2) is 4.98 Å². The summed E-state index contributed by atoms with van der Waals surface area (Å²) in [5.74, 6) is 0.854. The van der Waals surface area contributed by atoms with Gasteiger partial charge in [0.15, 0.2) is 5.13 Å². The second kappa shape index (κ2) is 11.1. The van der Waals surface area contributed by atoms with Gasteiger partial charge in [-0.15, -0.1) is 11.8 Å². The Morgan fingerprint density at radius 3 is 2.50 bits per heavy atom. The molecule has 160 valence electrons. The molecule has 0 N–H and O–H groups in total. The first-order valence-electron chi connectivity index (χ1n) is 10.3. The number of hydrogen-bond acceptors (Lipinski definition) is 5. The van der Waals surface area contributed by atoms with Gasteiger partial charge in [-0.3, -0.25) is 9.69 Å². The standard InChI is InChI=1S/C23H28ClN3OS2/c1-4-26(5-2)14-15-27(23-25-22-17(3)7-6-8-20(22)30-23)21(28)13-16-29-19-11-9-18(24)10-12-19/h6-12H,4-5,13-16H2,1-3H3. The summed E-state index contributed by atoms with van der Waals surface area (Å²) in [7, 11) is 0. The molecule has 30 heavy (non-hydrogen) atoms. The molecule has 0 bridgehead atoms. The number of thioether (sulfide) groups is 1. The van der Waals surface area contributed by atoms with Crippen molar-refractivity contribution < 1.29 is 4.79 Å². The van der Waals surface area contributed by atoms with Crippen molar-refractivity contribution in [1.29, 1.82) is 0 Å². The number of carbonyl (C=O) groups is 1. The molecule has 0 spiro atoms. The Kier molecular flexibility index (Phi) is 8.57. The molecule has 0 saturated carbocycles. The maximum absolute atomic E-state index is 13.2. The molecule has 2 aromatic carbocycles. The molecule has 0 fully saturated rings. The van der Waals surface area contributed by atoms with E-state index < -0.39 is 0 Å². The molecule has 7 heteroatoms. The number of likely N-dealkylation sites (N-methyl/N-ethyl adjacent to an activating group) is 1. The third-order valence-electron chi connectivity index (χ3n) is 5.07. The third-order valence-corrected chi connectivity index (χ3v) is 7.38. The molecule has 1 heterocycles. The van der Waals surface area contributed by atoms with Crippen LogP contribution in [0.4, 0.5) is 5.13 Å². The zero-order chi connectivity index (χ0) is 21.5. The average molecular weight is 462 g/mol. The fraction of sp³-hybridized carbons (Fsp3) is 0.391. The highest BCUT2D eigenvalue weighted by Crippen LogP contribution is 2.31. The summed E-state index contributed by atoms with van der Waals surface area (Å²) in [6, 6.07) is 13.9. The number of nitrogens with zero attached hydrogens (tertiary/aromatic N) is 3. The Hall–Kier alpha value is -1.60. The minimum absolute atomic E-state index is 0.125. The van der Waals surface area contributed by atoms with Crippen LogP contribution in [0.1, 0.15) is 25.8 Å². The minimum Gasteiger partial charge on any atom is -0.302 e. The summed E-state index contributed by atoms with van der Waals surface area (Å²) in [6.45, 7) is 9.83. The topological polar surface area (TPSA) is 36.4 Å². The van der Waals surface area contributed by atoms with Crippen molar-refractivity contribution >= 4 is 56.0 Å². The van der Waals surface area contributed by atoms with Gasteiger partial charge in [0.2, 0.25) is 5.91 Å². The van der Waals surface area contributed by atoms with Gasteiger partial charge in [-0.1, -0.05) is 48.9 Å². The van der Waals surface area contributed by atoms with Crippen molar-refractivity contribution in [3.8, 4) is 0 Å². The number of rotatable bonds is 10. The van der Waals surface area contributed by atoms with Crippen LogP contribution in [0.5, 0.6) is 0 Å². The highest BCUT2D eigenvalue weighted by molar-refractivity contribution is 7.99. The fourth-order valence-corrected chi connectivity index (χ4v) is 5.27. The van der Waals surface area contributed by atoms with E-state index in [0.29, 0.717) is 13.0 Å². The highest BCUT2D eigenvalue weighted by Gasteiger charge is 2.20. The van der Waals surface area contributed by atoms with E-state index in [9.17, 15) is 4.79 Å². The van der Waals surface area contributed by atoms with Gasteiger partial charge >= 0.3 is 0 Å². The summed E-state index contributed by atoms with van der Waals surface area (Å²) >= 11 is 9.23. The van der Waals surface area contributed by atoms with Crippen molar-refractivity contribution in [1.82, 2.24) is 9.88 Å². The first kappa shape index (κ1) is 23.1. The van der Waals surface area contributed by atoms with Crippen LogP contribution in [0.3, 0.4) is 0 Å². The molecule has 0 atom stereocenters. The maximum atomic E-state index is 13.2. The lowest BCUT2D eigenvalue weighted by Crippen LogP contribution is -2.39.